The topological polar surface area (TPSA) is 68.3 Å². The molecule has 0 bridgehead atoms. The second-order valence-electron chi connectivity index (χ2n) is 4.18. The number of nitrogens with one attached hydrogen (secondary N) is 1. The van der Waals surface area contributed by atoms with Gasteiger partial charge in [-0.25, -0.2) is 5.84 Å². The predicted molar refractivity (Wildman–Crippen MR) is 82.2 cm³/mol. The number of nitrogen functional groups attached to an aromatic ring is 1. The van der Waals surface area contributed by atoms with Crippen molar-refractivity contribution in [2.24, 2.45) is 5.84 Å². The smallest absolute Gasteiger partial charge is 0.300 e. The fourth-order valence-corrected chi connectivity index (χ4v) is 1.74. The molecule has 3 rings (SSSR count). The lowest BCUT2D eigenvalue weighted by Gasteiger charge is -1.98. The van der Waals surface area contributed by atoms with Crippen molar-refractivity contribution in [3.63, 3.8) is 0 Å². The number of carbonyl (C=O) groups is 1. The van der Waals surface area contributed by atoms with Crippen LogP contribution >= 0.6 is 0 Å². The summed E-state index contributed by atoms with van der Waals surface area (Å²) in [6, 6.07) is 23.9. The first-order chi connectivity index (χ1) is 10.3. The van der Waals surface area contributed by atoms with Crippen LogP contribution in [-0.4, -0.2) is 5.91 Å². The molecule has 2 aromatic carbocycles. The van der Waals surface area contributed by atoms with E-state index in [2.05, 4.69) is 48.5 Å². The lowest BCUT2D eigenvalue weighted by molar-refractivity contribution is 0.0926. The number of hydrogen-bond donors (Lipinski definition) is 2. The van der Waals surface area contributed by atoms with Gasteiger partial charge in [0.05, 0.1) is 6.26 Å². The molecule has 0 aliphatic carbocycles. The van der Waals surface area contributed by atoms with Crippen LogP contribution < -0.4 is 11.3 Å². The summed E-state index contributed by atoms with van der Waals surface area (Å²) in [5.41, 5.74) is 4.49. The molecule has 0 radical (unpaired) electrons. The second kappa shape index (κ2) is 7.67. The molecule has 0 saturated carbocycles. The summed E-state index contributed by atoms with van der Waals surface area (Å²) in [6.45, 7) is 0. The summed E-state index contributed by atoms with van der Waals surface area (Å²) in [7, 11) is 0. The van der Waals surface area contributed by atoms with Crippen LogP contribution in [0.3, 0.4) is 0 Å². The van der Waals surface area contributed by atoms with Crippen molar-refractivity contribution in [1.29, 1.82) is 0 Å². The Hall–Kier alpha value is -2.85. The zero-order valence-electron chi connectivity index (χ0n) is 11.4. The largest absolute Gasteiger partial charge is 0.459 e. The van der Waals surface area contributed by atoms with Gasteiger partial charge in [-0.15, -0.1) is 0 Å². The Morgan fingerprint density at radius 2 is 1.33 bits per heavy atom. The van der Waals surface area contributed by atoms with Gasteiger partial charge in [-0.3, -0.25) is 10.2 Å². The Morgan fingerprint density at radius 3 is 1.71 bits per heavy atom. The minimum atomic E-state index is -0.417. The molecule has 1 amide bonds. The average molecular weight is 280 g/mol. The Kier molecular flexibility index (Phi) is 5.32. The van der Waals surface area contributed by atoms with E-state index in [1.165, 1.54) is 23.5 Å². The van der Waals surface area contributed by atoms with E-state index in [9.17, 15) is 4.79 Å². The monoisotopic (exact) mass is 280 g/mol. The third-order valence-corrected chi connectivity index (χ3v) is 2.76. The van der Waals surface area contributed by atoms with Crippen molar-refractivity contribution < 1.29 is 9.21 Å². The molecule has 4 nitrogen and oxygen atoms in total. The molecular weight excluding hydrogens is 264 g/mol. The lowest BCUT2D eigenvalue weighted by atomic mass is 10.1. The van der Waals surface area contributed by atoms with E-state index < -0.39 is 5.91 Å². The van der Waals surface area contributed by atoms with Crippen molar-refractivity contribution in [1.82, 2.24) is 5.43 Å². The number of nitrogens with two attached hydrogens (primary N) is 1. The summed E-state index contributed by atoms with van der Waals surface area (Å²) in [5, 5.41) is 0. The summed E-state index contributed by atoms with van der Waals surface area (Å²) in [5.74, 6) is 4.61. The summed E-state index contributed by atoms with van der Waals surface area (Å²) >= 11 is 0. The number of carbonyl (C=O) groups excluding carboxylic acids is 1. The van der Waals surface area contributed by atoms with Gasteiger partial charge in [0, 0.05) is 0 Å². The highest BCUT2D eigenvalue weighted by atomic mass is 16.3. The zero-order chi connectivity index (χ0) is 14.9. The highest BCUT2D eigenvalue weighted by Crippen LogP contribution is 2.17. The van der Waals surface area contributed by atoms with E-state index in [-0.39, 0.29) is 5.76 Å². The standard InChI is InChI=1S/C12H10.C5H6N2O2/c1-3-7-11(8-4-1)12-9-5-2-6-10-12;6-7-5(8)4-2-1-3-9-4/h1-10H;1-3H,6H2,(H,7,8). The fourth-order valence-electron chi connectivity index (χ4n) is 1.74. The minimum Gasteiger partial charge on any atom is -0.459 e. The summed E-state index contributed by atoms with van der Waals surface area (Å²) < 4.78 is 4.69. The van der Waals surface area contributed by atoms with Crippen LogP contribution in [0.2, 0.25) is 0 Å². The maximum atomic E-state index is 10.5. The maximum Gasteiger partial charge on any atom is 0.300 e. The van der Waals surface area contributed by atoms with E-state index in [1.54, 1.807) is 6.07 Å². The van der Waals surface area contributed by atoms with Crippen LogP contribution in [0.15, 0.2) is 83.5 Å². The van der Waals surface area contributed by atoms with Crippen molar-refractivity contribution >= 4 is 5.91 Å². The van der Waals surface area contributed by atoms with Crippen LogP contribution in [0.5, 0.6) is 0 Å². The third-order valence-electron chi connectivity index (χ3n) is 2.76. The number of benzene rings is 2. The van der Waals surface area contributed by atoms with Gasteiger partial charge >= 0.3 is 5.91 Å². The van der Waals surface area contributed by atoms with E-state index in [1.807, 2.05) is 17.6 Å². The first-order valence-electron chi connectivity index (χ1n) is 6.46. The number of amides is 1. The first kappa shape index (κ1) is 14.6. The fraction of sp³-hybridized carbons (Fsp3) is 0. The summed E-state index contributed by atoms with van der Waals surface area (Å²) in [4.78, 5) is 10.5. The lowest BCUT2D eigenvalue weighted by Crippen LogP contribution is -2.29. The van der Waals surface area contributed by atoms with E-state index in [0.717, 1.165) is 0 Å². The number of rotatable bonds is 2. The third kappa shape index (κ3) is 4.33. The molecule has 0 unspecified atom stereocenters. The Balaban J connectivity index is 0.000000161. The average Bonchev–Trinajstić information content (AvgIpc) is 3.11. The summed E-state index contributed by atoms with van der Waals surface area (Å²) in [6.07, 6.45) is 1.41. The van der Waals surface area contributed by atoms with Crippen LogP contribution in [-0.2, 0) is 0 Å². The van der Waals surface area contributed by atoms with Crippen LogP contribution in [0.1, 0.15) is 10.6 Å². The van der Waals surface area contributed by atoms with Gasteiger partial charge in [0.25, 0.3) is 0 Å². The second-order valence-corrected chi connectivity index (χ2v) is 4.18. The number of hydrazine groups is 1. The van der Waals surface area contributed by atoms with Crippen molar-refractivity contribution in [2.75, 3.05) is 0 Å². The molecular formula is C17H16N2O2. The van der Waals surface area contributed by atoms with Gasteiger partial charge < -0.3 is 4.42 Å². The van der Waals surface area contributed by atoms with E-state index >= 15 is 0 Å². The minimum absolute atomic E-state index is 0.220. The predicted octanol–water partition coefficient (Wildman–Crippen LogP) is 3.24. The molecule has 0 atom stereocenters. The first-order valence-corrected chi connectivity index (χ1v) is 6.46. The van der Waals surface area contributed by atoms with E-state index in [4.69, 9.17) is 10.3 Å². The van der Waals surface area contributed by atoms with Crippen molar-refractivity contribution in [2.45, 2.75) is 0 Å². The Bertz CT molecular complexity index is 612. The molecule has 3 aromatic rings. The Morgan fingerprint density at radius 1 is 0.810 bits per heavy atom. The highest BCUT2D eigenvalue weighted by Gasteiger charge is 2.03. The molecule has 0 saturated heterocycles. The molecule has 106 valence electrons. The number of furan rings is 1. The van der Waals surface area contributed by atoms with Gasteiger partial charge in [0.2, 0.25) is 0 Å². The molecule has 1 aromatic heterocycles. The van der Waals surface area contributed by atoms with Crippen LogP contribution in [0.25, 0.3) is 11.1 Å². The molecule has 0 aliphatic rings. The normalized spacial score (nSPS) is 9.38. The van der Waals surface area contributed by atoms with Crippen molar-refractivity contribution in [3.8, 4) is 11.1 Å². The quantitative estimate of drug-likeness (QED) is 0.430. The van der Waals surface area contributed by atoms with Gasteiger partial charge in [-0.1, -0.05) is 60.7 Å². The molecule has 0 fully saturated rings. The number of hydrogen-bond acceptors (Lipinski definition) is 3. The van der Waals surface area contributed by atoms with Crippen LogP contribution in [0.4, 0.5) is 0 Å². The van der Waals surface area contributed by atoms with Gasteiger partial charge in [0.1, 0.15) is 0 Å². The van der Waals surface area contributed by atoms with Gasteiger partial charge in [-0.05, 0) is 23.3 Å². The highest BCUT2D eigenvalue weighted by molar-refractivity contribution is 5.90. The Labute approximate surface area is 123 Å². The zero-order valence-corrected chi connectivity index (χ0v) is 11.4. The molecule has 0 spiro atoms. The van der Waals surface area contributed by atoms with E-state index in [0.29, 0.717) is 0 Å². The maximum absolute atomic E-state index is 10.5. The molecule has 3 N–H and O–H groups in total. The van der Waals surface area contributed by atoms with Gasteiger partial charge in [-0.2, -0.15) is 0 Å². The van der Waals surface area contributed by atoms with Crippen LogP contribution in [0, 0.1) is 0 Å². The molecule has 1 heterocycles. The van der Waals surface area contributed by atoms with Crippen molar-refractivity contribution in [3.05, 3.63) is 84.8 Å². The molecule has 0 aliphatic heterocycles. The SMILES string of the molecule is NNC(=O)c1ccco1.c1ccc(-c2ccccc2)cc1. The molecule has 4 heteroatoms. The molecule has 21 heavy (non-hydrogen) atoms. The van der Waals surface area contributed by atoms with Gasteiger partial charge in [0.15, 0.2) is 5.76 Å².